The van der Waals surface area contributed by atoms with Crippen LogP contribution in [0.1, 0.15) is 35.6 Å². The Hall–Kier alpha value is -3.74. The normalized spacial score (nSPS) is 14.8. The van der Waals surface area contributed by atoms with Crippen molar-refractivity contribution in [2.75, 3.05) is 24.5 Å². The minimum atomic E-state index is -0.792. The van der Waals surface area contributed by atoms with Crippen molar-refractivity contribution in [3.05, 3.63) is 64.5 Å². The maximum atomic E-state index is 14.8. The van der Waals surface area contributed by atoms with E-state index in [0.29, 0.717) is 0 Å². The number of carbonyl (C=O) groups excluding carboxylic acids is 1. The molecule has 0 radical (unpaired) electrons. The smallest absolute Gasteiger partial charge is 0.254 e. The number of amides is 1. The highest BCUT2D eigenvalue weighted by Crippen LogP contribution is 2.37. The SMILES string of the molecule is [C-]#[N+]CC1(n2cc(-c3c(C)n[nH]c3C)cn2)CN(c2cc(F)c(C(=O)NC(C)C)cc2F)C1. The number of benzene rings is 1. The Bertz CT molecular complexity index is 1230. The molecule has 0 spiro atoms. The number of rotatable bonds is 6. The predicted molar refractivity (Wildman–Crippen MR) is 120 cm³/mol. The second-order valence-electron chi connectivity index (χ2n) is 8.79. The van der Waals surface area contributed by atoms with Crippen LogP contribution in [0.5, 0.6) is 0 Å². The third kappa shape index (κ3) is 3.95. The Morgan fingerprint density at radius 1 is 1.30 bits per heavy atom. The number of aryl methyl sites for hydroxylation is 2. The minimum Gasteiger partial charge on any atom is -0.363 e. The summed E-state index contributed by atoms with van der Waals surface area (Å²) in [6, 6.07) is 1.77. The number of anilines is 1. The minimum absolute atomic E-state index is 0.0584. The van der Waals surface area contributed by atoms with Gasteiger partial charge in [0, 0.05) is 35.1 Å². The van der Waals surface area contributed by atoms with Crippen molar-refractivity contribution in [3.63, 3.8) is 0 Å². The van der Waals surface area contributed by atoms with E-state index in [1.807, 2.05) is 20.0 Å². The number of aromatic amines is 1. The molecule has 2 aromatic heterocycles. The molecule has 0 atom stereocenters. The van der Waals surface area contributed by atoms with Gasteiger partial charge >= 0.3 is 0 Å². The van der Waals surface area contributed by atoms with Gasteiger partial charge in [-0.25, -0.2) is 15.4 Å². The lowest BCUT2D eigenvalue weighted by Gasteiger charge is -2.48. The monoisotopic (exact) mass is 453 g/mol. The first-order chi connectivity index (χ1) is 15.6. The number of nitrogens with zero attached hydrogens (tertiary/aromatic N) is 5. The Kier molecular flexibility index (Phi) is 5.66. The molecule has 0 aliphatic carbocycles. The number of H-pyrrole nitrogens is 1. The standard InChI is InChI=1S/C23H25F2N7O/c1-13(2)28-22(33)17-6-19(25)20(7-18(17)24)31-11-23(12-31,10-26-5)32-9-16(8-27-32)21-14(3)29-30-15(21)4/h6-9,13H,10-12H2,1-4H3,(H,28,33)(H,29,30). The van der Waals surface area contributed by atoms with Crippen molar-refractivity contribution in [3.8, 4) is 11.1 Å². The van der Waals surface area contributed by atoms with Crippen molar-refractivity contribution in [2.24, 2.45) is 0 Å². The molecule has 0 unspecified atom stereocenters. The zero-order chi connectivity index (χ0) is 23.9. The summed E-state index contributed by atoms with van der Waals surface area (Å²) in [7, 11) is 0. The van der Waals surface area contributed by atoms with Crippen LogP contribution in [0.4, 0.5) is 14.5 Å². The van der Waals surface area contributed by atoms with Crippen LogP contribution in [-0.4, -0.2) is 51.6 Å². The van der Waals surface area contributed by atoms with Crippen LogP contribution >= 0.6 is 0 Å². The highest BCUT2D eigenvalue weighted by Gasteiger charge is 2.49. The lowest BCUT2D eigenvalue weighted by molar-refractivity contribution is 0.0938. The van der Waals surface area contributed by atoms with E-state index in [4.69, 9.17) is 6.57 Å². The molecule has 1 amide bonds. The molecule has 1 saturated heterocycles. The molecule has 0 saturated carbocycles. The average molecular weight is 453 g/mol. The summed E-state index contributed by atoms with van der Waals surface area (Å²) in [6.07, 6.45) is 3.59. The number of hydrogen-bond acceptors (Lipinski definition) is 4. The average Bonchev–Trinajstić information content (AvgIpc) is 3.32. The van der Waals surface area contributed by atoms with E-state index >= 15 is 0 Å². The Labute approximate surface area is 190 Å². The first-order valence-electron chi connectivity index (χ1n) is 10.6. The number of halogens is 2. The van der Waals surface area contributed by atoms with E-state index in [2.05, 4.69) is 25.5 Å². The maximum Gasteiger partial charge on any atom is 0.254 e. The molecule has 1 aliphatic rings. The molecule has 33 heavy (non-hydrogen) atoms. The van der Waals surface area contributed by atoms with E-state index in [1.165, 1.54) is 0 Å². The summed E-state index contributed by atoms with van der Waals surface area (Å²) in [5, 5.41) is 14.2. The van der Waals surface area contributed by atoms with Crippen molar-refractivity contribution in [1.82, 2.24) is 25.3 Å². The van der Waals surface area contributed by atoms with Gasteiger partial charge < -0.3 is 15.1 Å². The van der Waals surface area contributed by atoms with Crippen molar-refractivity contribution in [2.45, 2.75) is 39.3 Å². The van der Waals surface area contributed by atoms with Crippen LogP contribution < -0.4 is 10.2 Å². The third-order valence-corrected chi connectivity index (χ3v) is 5.87. The summed E-state index contributed by atoms with van der Waals surface area (Å²) in [5.74, 6) is -2.14. The van der Waals surface area contributed by atoms with Crippen LogP contribution in [0.2, 0.25) is 0 Å². The molecule has 0 bridgehead atoms. The quantitative estimate of drug-likeness (QED) is 0.560. The fourth-order valence-electron chi connectivity index (χ4n) is 4.28. The van der Waals surface area contributed by atoms with E-state index in [9.17, 15) is 13.6 Å². The number of nitrogens with one attached hydrogen (secondary N) is 2. The summed E-state index contributed by atoms with van der Waals surface area (Å²) in [4.78, 5) is 17.4. The van der Waals surface area contributed by atoms with Crippen molar-refractivity contribution in [1.29, 1.82) is 0 Å². The van der Waals surface area contributed by atoms with Gasteiger partial charge in [-0.3, -0.25) is 14.6 Å². The van der Waals surface area contributed by atoms with Gasteiger partial charge in [0.15, 0.2) is 5.54 Å². The number of hydrogen-bond donors (Lipinski definition) is 2. The second kappa shape index (κ2) is 8.31. The van der Waals surface area contributed by atoms with Crippen LogP contribution in [-0.2, 0) is 5.54 Å². The summed E-state index contributed by atoms with van der Waals surface area (Å²) < 4.78 is 31.2. The summed E-state index contributed by atoms with van der Waals surface area (Å²) in [6.45, 7) is 15.4. The van der Waals surface area contributed by atoms with Crippen LogP contribution in [0, 0.1) is 32.1 Å². The van der Waals surface area contributed by atoms with Gasteiger partial charge in [-0.2, -0.15) is 10.2 Å². The third-order valence-electron chi connectivity index (χ3n) is 5.87. The fraction of sp³-hybridized carbons (Fsp3) is 0.391. The van der Waals surface area contributed by atoms with Gasteiger partial charge in [0.05, 0.1) is 36.2 Å². The maximum absolute atomic E-state index is 14.8. The van der Waals surface area contributed by atoms with E-state index in [-0.39, 0.29) is 36.9 Å². The largest absolute Gasteiger partial charge is 0.363 e. The second-order valence-corrected chi connectivity index (χ2v) is 8.79. The molecule has 1 fully saturated rings. The summed E-state index contributed by atoms with van der Waals surface area (Å²) in [5.41, 5.74) is 2.66. The van der Waals surface area contributed by atoms with Gasteiger partial charge in [0.1, 0.15) is 11.6 Å². The van der Waals surface area contributed by atoms with Gasteiger partial charge in [-0.1, -0.05) is 0 Å². The lowest BCUT2D eigenvalue weighted by Crippen LogP contribution is -2.65. The van der Waals surface area contributed by atoms with Crippen molar-refractivity contribution >= 4 is 11.6 Å². The van der Waals surface area contributed by atoms with Crippen LogP contribution in [0.25, 0.3) is 16.0 Å². The van der Waals surface area contributed by atoms with Crippen LogP contribution in [0.15, 0.2) is 24.5 Å². The molecule has 1 aliphatic heterocycles. The van der Waals surface area contributed by atoms with Gasteiger partial charge in [0.25, 0.3) is 5.91 Å². The Morgan fingerprint density at radius 2 is 2.03 bits per heavy atom. The van der Waals surface area contributed by atoms with Gasteiger partial charge in [-0.05, 0) is 33.8 Å². The van der Waals surface area contributed by atoms with E-state index < -0.39 is 23.1 Å². The first-order valence-corrected chi connectivity index (χ1v) is 10.6. The molecule has 3 aromatic rings. The first kappa shape index (κ1) is 22.5. The van der Waals surface area contributed by atoms with Crippen LogP contribution in [0.3, 0.4) is 0 Å². The zero-order valence-corrected chi connectivity index (χ0v) is 18.9. The van der Waals surface area contributed by atoms with Gasteiger partial charge in [0.2, 0.25) is 6.54 Å². The lowest BCUT2D eigenvalue weighted by atomic mass is 9.89. The molecule has 8 nitrogen and oxygen atoms in total. The van der Waals surface area contributed by atoms with E-state index in [0.717, 1.165) is 34.6 Å². The Balaban J connectivity index is 1.59. The molecular weight excluding hydrogens is 428 g/mol. The van der Waals surface area contributed by atoms with E-state index in [1.54, 1.807) is 29.6 Å². The van der Waals surface area contributed by atoms with Gasteiger partial charge in [-0.15, -0.1) is 0 Å². The van der Waals surface area contributed by atoms with Crippen molar-refractivity contribution < 1.29 is 13.6 Å². The number of aromatic nitrogens is 4. The fourth-order valence-corrected chi connectivity index (χ4v) is 4.28. The molecule has 1 aromatic carbocycles. The molecule has 2 N–H and O–H groups in total. The predicted octanol–water partition coefficient (Wildman–Crippen LogP) is 3.44. The molecule has 3 heterocycles. The molecule has 172 valence electrons. The topological polar surface area (TPSA) is 83.2 Å². The molecular formula is C23H25F2N7O. The zero-order valence-electron chi connectivity index (χ0n) is 18.9. The molecule has 4 rings (SSSR count). The number of carbonyl (C=O) groups is 1. The molecule has 10 heteroatoms. The summed E-state index contributed by atoms with van der Waals surface area (Å²) >= 11 is 0. The highest BCUT2D eigenvalue weighted by molar-refractivity contribution is 5.95. The highest BCUT2D eigenvalue weighted by atomic mass is 19.1. The Morgan fingerprint density at radius 3 is 2.64 bits per heavy atom.